The maximum Gasteiger partial charge on any atom is 0.292 e. The Morgan fingerprint density at radius 1 is 1.45 bits per heavy atom. The normalized spacial score (nSPS) is 17.5. The van der Waals surface area contributed by atoms with Crippen molar-refractivity contribution in [3.63, 3.8) is 0 Å². The van der Waals surface area contributed by atoms with Crippen LogP contribution in [0.4, 0.5) is 0 Å². The second-order valence-corrected chi connectivity index (χ2v) is 5.77. The van der Waals surface area contributed by atoms with E-state index in [9.17, 15) is 4.79 Å². The minimum absolute atomic E-state index is 0. The lowest BCUT2D eigenvalue weighted by Crippen LogP contribution is -2.41. The lowest BCUT2D eigenvalue weighted by Gasteiger charge is -2.27. The minimum Gasteiger partial charge on any atom is -0.351 e. The number of carbonyl (C=O) groups excluding carboxylic acids is 1. The van der Waals surface area contributed by atoms with Crippen LogP contribution in [-0.4, -0.2) is 41.6 Å². The number of halogens is 1. The predicted molar refractivity (Wildman–Crippen MR) is 89.7 cm³/mol. The van der Waals surface area contributed by atoms with Gasteiger partial charge in [0.15, 0.2) is 0 Å². The van der Waals surface area contributed by atoms with E-state index in [2.05, 4.69) is 31.2 Å². The summed E-state index contributed by atoms with van der Waals surface area (Å²) in [5.74, 6) is 0.746. The van der Waals surface area contributed by atoms with E-state index in [1.54, 1.807) is 0 Å². The van der Waals surface area contributed by atoms with Crippen LogP contribution in [0.2, 0.25) is 0 Å². The average molecular weight is 330 g/mol. The maximum absolute atomic E-state index is 12.7. The summed E-state index contributed by atoms with van der Waals surface area (Å²) in [5.41, 5.74) is 0.907. The molecule has 22 heavy (non-hydrogen) atoms. The number of amides is 1. The van der Waals surface area contributed by atoms with Crippen molar-refractivity contribution < 1.29 is 9.32 Å². The van der Waals surface area contributed by atoms with Crippen LogP contribution in [0.15, 0.2) is 10.6 Å². The van der Waals surface area contributed by atoms with Crippen molar-refractivity contribution in [1.29, 1.82) is 0 Å². The van der Waals surface area contributed by atoms with Gasteiger partial charge in [0.2, 0.25) is 5.76 Å². The van der Waals surface area contributed by atoms with Crippen molar-refractivity contribution in [1.82, 2.24) is 15.4 Å². The van der Waals surface area contributed by atoms with Crippen molar-refractivity contribution in [2.75, 3.05) is 19.6 Å². The Labute approximate surface area is 139 Å². The first kappa shape index (κ1) is 19.0. The smallest absolute Gasteiger partial charge is 0.292 e. The molecule has 0 aliphatic carbocycles. The van der Waals surface area contributed by atoms with E-state index in [0.29, 0.717) is 11.7 Å². The van der Waals surface area contributed by atoms with Crippen LogP contribution in [0.3, 0.4) is 0 Å². The second-order valence-electron chi connectivity index (χ2n) is 5.77. The van der Waals surface area contributed by atoms with Gasteiger partial charge in [0.25, 0.3) is 5.91 Å². The molecular formula is C16H28ClN3O2. The highest BCUT2D eigenvalue weighted by Crippen LogP contribution is 2.23. The summed E-state index contributed by atoms with van der Waals surface area (Å²) in [6, 6.07) is 2.12. The van der Waals surface area contributed by atoms with E-state index in [1.807, 2.05) is 11.0 Å². The number of nitrogens with one attached hydrogen (secondary N) is 1. The van der Waals surface area contributed by atoms with Crippen LogP contribution in [0, 0.1) is 0 Å². The summed E-state index contributed by atoms with van der Waals surface area (Å²) in [6.45, 7) is 8.99. The third-order valence-corrected chi connectivity index (χ3v) is 4.34. The number of carbonyl (C=O) groups is 1. The van der Waals surface area contributed by atoms with Gasteiger partial charge in [-0.3, -0.25) is 4.79 Å². The Balaban J connectivity index is 0.00000242. The van der Waals surface area contributed by atoms with E-state index in [-0.39, 0.29) is 24.4 Å². The minimum atomic E-state index is -0.0183. The van der Waals surface area contributed by atoms with Gasteiger partial charge in [0, 0.05) is 31.1 Å². The summed E-state index contributed by atoms with van der Waals surface area (Å²) >= 11 is 0. The second kappa shape index (κ2) is 9.16. The maximum atomic E-state index is 12.7. The first-order chi connectivity index (χ1) is 10.2. The van der Waals surface area contributed by atoms with Crippen LogP contribution in [0.5, 0.6) is 0 Å². The molecule has 1 fully saturated rings. The number of hydrogen-bond acceptors (Lipinski definition) is 4. The van der Waals surface area contributed by atoms with E-state index in [4.69, 9.17) is 4.52 Å². The molecule has 1 aromatic heterocycles. The number of rotatable bonds is 7. The largest absolute Gasteiger partial charge is 0.351 e. The first-order valence-electron chi connectivity index (χ1n) is 8.19. The zero-order valence-electron chi connectivity index (χ0n) is 13.8. The van der Waals surface area contributed by atoms with Crippen LogP contribution < -0.4 is 5.32 Å². The molecule has 1 N–H and O–H groups in total. The van der Waals surface area contributed by atoms with Crippen LogP contribution in [0.25, 0.3) is 0 Å². The van der Waals surface area contributed by atoms with Gasteiger partial charge in [0.05, 0.1) is 5.69 Å². The average Bonchev–Trinajstić information content (AvgIpc) is 3.17. The molecule has 1 amide bonds. The van der Waals surface area contributed by atoms with Crippen molar-refractivity contribution in [3.05, 3.63) is 17.5 Å². The fourth-order valence-corrected chi connectivity index (χ4v) is 3.03. The molecule has 1 atom stereocenters. The highest BCUT2D eigenvalue weighted by molar-refractivity contribution is 5.91. The van der Waals surface area contributed by atoms with Gasteiger partial charge in [-0.2, -0.15) is 0 Å². The highest BCUT2D eigenvalue weighted by Gasteiger charge is 2.29. The predicted octanol–water partition coefficient (Wildman–Crippen LogP) is 3.21. The van der Waals surface area contributed by atoms with Gasteiger partial charge < -0.3 is 14.7 Å². The third-order valence-electron chi connectivity index (χ3n) is 4.34. The number of hydrogen-bond donors (Lipinski definition) is 1. The van der Waals surface area contributed by atoms with Crippen LogP contribution in [0.1, 0.15) is 68.6 Å². The summed E-state index contributed by atoms with van der Waals surface area (Å²) in [7, 11) is 0. The molecule has 6 heteroatoms. The number of nitrogens with zero attached hydrogens (tertiary/aromatic N) is 2. The monoisotopic (exact) mass is 329 g/mol. The summed E-state index contributed by atoms with van der Waals surface area (Å²) in [6.07, 6.45) is 4.00. The summed E-state index contributed by atoms with van der Waals surface area (Å²) in [5, 5.41) is 7.43. The van der Waals surface area contributed by atoms with Gasteiger partial charge in [-0.1, -0.05) is 25.9 Å². The molecule has 0 saturated carbocycles. The highest BCUT2D eigenvalue weighted by atomic mass is 35.5. The van der Waals surface area contributed by atoms with Gasteiger partial charge >= 0.3 is 0 Å². The molecule has 1 aromatic rings. The molecule has 1 aliphatic heterocycles. The summed E-state index contributed by atoms with van der Waals surface area (Å²) in [4.78, 5) is 14.6. The molecule has 0 aromatic carbocycles. The van der Waals surface area contributed by atoms with Crippen LogP contribution >= 0.6 is 12.4 Å². The Hall–Kier alpha value is -1.07. The van der Waals surface area contributed by atoms with Gasteiger partial charge in [-0.15, -0.1) is 12.4 Å². The van der Waals surface area contributed by atoms with E-state index in [1.165, 1.54) is 0 Å². The summed E-state index contributed by atoms with van der Waals surface area (Å²) < 4.78 is 5.34. The standard InChI is InChI=1S/C16H27N3O2.ClH/c1-4-9-19(13-7-8-17-11-13)16(20)15-10-14(18-21-15)12(5-2)6-3;/h10,12-13,17H,4-9,11H2,1-3H3;1H. The number of aromatic nitrogens is 1. The van der Waals surface area contributed by atoms with Gasteiger partial charge in [0.1, 0.15) is 0 Å². The van der Waals surface area contributed by atoms with Crippen molar-refractivity contribution in [3.8, 4) is 0 Å². The molecule has 0 bridgehead atoms. The van der Waals surface area contributed by atoms with E-state index in [0.717, 1.165) is 51.0 Å². The molecule has 5 nitrogen and oxygen atoms in total. The molecule has 2 heterocycles. The molecule has 0 radical (unpaired) electrons. The third kappa shape index (κ3) is 4.23. The molecule has 1 aliphatic rings. The SMILES string of the molecule is CCCN(C(=O)c1cc(C(CC)CC)no1)C1CCNC1.Cl. The Morgan fingerprint density at radius 3 is 2.73 bits per heavy atom. The fraction of sp³-hybridized carbons (Fsp3) is 0.750. The molecule has 2 rings (SSSR count). The molecular weight excluding hydrogens is 302 g/mol. The van der Waals surface area contributed by atoms with Crippen LogP contribution in [-0.2, 0) is 0 Å². The quantitative estimate of drug-likeness (QED) is 0.834. The Kier molecular flexibility index (Phi) is 7.90. The topological polar surface area (TPSA) is 58.4 Å². The van der Waals surface area contributed by atoms with Gasteiger partial charge in [-0.05, 0) is 32.2 Å². The van der Waals surface area contributed by atoms with Crippen molar-refractivity contribution in [2.24, 2.45) is 0 Å². The van der Waals surface area contributed by atoms with E-state index >= 15 is 0 Å². The zero-order valence-corrected chi connectivity index (χ0v) is 14.6. The van der Waals surface area contributed by atoms with E-state index < -0.39 is 0 Å². The first-order valence-corrected chi connectivity index (χ1v) is 8.19. The van der Waals surface area contributed by atoms with Crippen molar-refractivity contribution >= 4 is 18.3 Å². The van der Waals surface area contributed by atoms with Crippen molar-refractivity contribution in [2.45, 2.75) is 58.4 Å². The molecule has 126 valence electrons. The molecule has 0 spiro atoms. The van der Waals surface area contributed by atoms with Gasteiger partial charge in [-0.25, -0.2) is 0 Å². The Bertz CT molecular complexity index is 454. The molecule has 1 saturated heterocycles. The fourth-order valence-electron chi connectivity index (χ4n) is 3.03. The lowest BCUT2D eigenvalue weighted by atomic mass is 9.99. The zero-order chi connectivity index (χ0) is 15.2. The lowest BCUT2D eigenvalue weighted by molar-refractivity contribution is 0.0649. The molecule has 1 unspecified atom stereocenters. The Morgan fingerprint density at radius 2 is 2.18 bits per heavy atom.